The summed E-state index contributed by atoms with van der Waals surface area (Å²) in [5, 5.41) is 2.62. The predicted octanol–water partition coefficient (Wildman–Crippen LogP) is 4.82. The second-order valence-electron chi connectivity index (χ2n) is 6.02. The average Bonchev–Trinajstić information content (AvgIpc) is 3.09. The third kappa shape index (κ3) is 3.13. The fourth-order valence-electron chi connectivity index (χ4n) is 3.06. The van der Waals surface area contributed by atoms with Gasteiger partial charge in [0.2, 0.25) is 0 Å². The van der Waals surface area contributed by atoms with Crippen molar-refractivity contribution in [1.29, 1.82) is 0 Å². The van der Waals surface area contributed by atoms with Crippen LogP contribution in [0.5, 0.6) is 0 Å². The summed E-state index contributed by atoms with van der Waals surface area (Å²) < 4.78 is 13.2. The van der Waals surface area contributed by atoms with Gasteiger partial charge in [0.15, 0.2) is 0 Å². The molecule has 4 nitrogen and oxygen atoms in total. The SMILES string of the molecule is O=C(Nc1ccc(F)c(Cl)c1)c1ccc(N2CCc3ccccc32)cn1. The highest BCUT2D eigenvalue weighted by Crippen LogP contribution is 2.33. The van der Waals surface area contributed by atoms with E-state index in [4.69, 9.17) is 11.6 Å². The van der Waals surface area contributed by atoms with Gasteiger partial charge in [0.25, 0.3) is 5.91 Å². The predicted molar refractivity (Wildman–Crippen MR) is 101 cm³/mol. The number of carbonyl (C=O) groups excluding carboxylic acids is 1. The minimum absolute atomic E-state index is 0.0428. The topological polar surface area (TPSA) is 45.2 Å². The molecule has 1 amide bonds. The van der Waals surface area contributed by atoms with Gasteiger partial charge in [-0.05, 0) is 48.4 Å². The van der Waals surface area contributed by atoms with Gasteiger partial charge in [-0.15, -0.1) is 0 Å². The number of nitrogens with one attached hydrogen (secondary N) is 1. The highest BCUT2D eigenvalue weighted by Gasteiger charge is 2.20. The molecule has 1 aliphatic heterocycles. The average molecular weight is 368 g/mol. The quantitative estimate of drug-likeness (QED) is 0.721. The monoisotopic (exact) mass is 367 g/mol. The zero-order chi connectivity index (χ0) is 18.1. The highest BCUT2D eigenvalue weighted by molar-refractivity contribution is 6.31. The number of para-hydroxylation sites is 1. The van der Waals surface area contributed by atoms with Crippen molar-refractivity contribution in [3.05, 3.63) is 82.9 Å². The zero-order valence-electron chi connectivity index (χ0n) is 13.7. The fourth-order valence-corrected chi connectivity index (χ4v) is 3.24. The van der Waals surface area contributed by atoms with E-state index in [2.05, 4.69) is 27.3 Å². The maximum Gasteiger partial charge on any atom is 0.274 e. The van der Waals surface area contributed by atoms with E-state index in [1.165, 1.54) is 29.4 Å². The summed E-state index contributed by atoms with van der Waals surface area (Å²) >= 11 is 5.73. The normalized spacial score (nSPS) is 12.8. The summed E-state index contributed by atoms with van der Waals surface area (Å²) in [4.78, 5) is 18.8. The number of fused-ring (bicyclic) bond motifs is 1. The lowest BCUT2D eigenvalue weighted by molar-refractivity contribution is 0.102. The van der Waals surface area contributed by atoms with Gasteiger partial charge in [0, 0.05) is 17.9 Å². The Morgan fingerprint density at radius 1 is 1.15 bits per heavy atom. The van der Waals surface area contributed by atoms with Crippen LogP contribution in [0.4, 0.5) is 21.5 Å². The van der Waals surface area contributed by atoms with Crippen LogP contribution in [0, 0.1) is 5.82 Å². The van der Waals surface area contributed by atoms with E-state index in [0.717, 1.165) is 18.7 Å². The third-order valence-electron chi connectivity index (χ3n) is 4.36. The maximum absolute atomic E-state index is 13.2. The second kappa shape index (κ2) is 6.77. The number of benzene rings is 2. The third-order valence-corrected chi connectivity index (χ3v) is 4.65. The van der Waals surface area contributed by atoms with Gasteiger partial charge in [-0.3, -0.25) is 4.79 Å². The molecule has 130 valence electrons. The Morgan fingerprint density at radius 2 is 2.00 bits per heavy atom. The molecule has 0 spiro atoms. The Bertz CT molecular complexity index is 975. The largest absolute Gasteiger partial charge is 0.340 e. The summed E-state index contributed by atoms with van der Waals surface area (Å²) in [6, 6.07) is 15.8. The first kappa shape index (κ1) is 16.5. The lowest BCUT2D eigenvalue weighted by Gasteiger charge is -2.19. The number of carbonyl (C=O) groups is 1. The first-order valence-electron chi connectivity index (χ1n) is 8.20. The van der Waals surface area contributed by atoms with Crippen LogP contribution in [0.3, 0.4) is 0 Å². The van der Waals surface area contributed by atoms with Crippen LogP contribution in [-0.2, 0) is 6.42 Å². The van der Waals surface area contributed by atoms with E-state index in [1.807, 2.05) is 18.2 Å². The number of rotatable bonds is 3. The molecule has 0 atom stereocenters. The summed E-state index contributed by atoms with van der Waals surface area (Å²) in [5.41, 5.74) is 4.12. The first-order chi connectivity index (χ1) is 12.6. The molecule has 3 aromatic rings. The molecule has 1 aliphatic rings. The van der Waals surface area contributed by atoms with Crippen molar-refractivity contribution in [2.24, 2.45) is 0 Å². The minimum atomic E-state index is -0.530. The van der Waals surface area contributed by atoms with Gasteiger partial charge in [0.05, 0.1) is 16.9 Å². The number of halogens is 2. The molecule has 0 saturated carbocycles. The number of nitrogens with zero attached hydrogens (tertiary/aromatic N) is 2. The smallest absolute Gasteiger partial charge is 0.274 e. The number of anilines is 3. The second-order valence-corrected chi connectivity index (χ2v) is 6.42. The first-order valence-corrected chi connectivity index (χ1v) is 8.57. The maximum atomic E-state index is 13.2. The lowest BCUT2D eigenvalue weighted by atomic mass is 10.2. The molecule has 0 radical (unpaired) electrons. The molecule has 4 rings (SSSR count). The van der Waals surface area contributed by atoms with Crippen LogP contribution in [0.25, 0.3) is 0 Å². The number of hydrogen-bond acceptors (Lipinski definition) is 3. The van der Waals surface area contributed by atoms with Crippen molar-refractivity contribution >= 4 is 34.6 Å². The van der Waals surface area contributed by atoms with Crippen molar-refractivity contribution in [3.8, 4) is 0 Å². The molecule has 6 heteroatoms. The molecule has 1 aromatic heterocycles. The number of pyridine rings is 1. The van der Waals surface area contributed by atoms with Gasteiger partial charge in [-0.1, -0.05) is 29.8 Å². The molecular formula is C20H15ClFN3O. The van der Waals surface area contributed by atoms with Crippen LogP contribution in [0.1, 0.15) is 16.1 Å². The minimum Gasteiger partial charge on any atom is -0.340 e. The number of hydrogen-bond donors (Lipinski definition) is 1. The Morgan fingerprint density at radius 3 is 2.77 bits per heavy atom. The van der Waals surface area contributed by atoms with Crippen molar-refractivity contribution < 1.29 is 9.18 Å². The van der Waals surface area contributed by atoms with Crippen LogP contribution in [0.2, 0.25) is 5.02 Å². The van der Waals surface area contributed by atoms with E-state index in [9.17, 15) is 9.18 Å². The van der Waals surface area contributed by atoms with E-state index in [0.29, 0.717) is 5.69 Å². The fraction of sp³-hybridized carbons (Fsp3) is 0.100. The van der Waals surface area contributed by atoms with Crippen molar-refractivity contribution in [1.82, 2.24) is 4.98 Å². The van der Waals surface area contributed by atoms with Gasteiger partial charge < -0.3 is 10.2 Å². The molecule has 0 saturated heterocycles. The van der Waals surface area contributed by atoms with E-state index in [1.54, 1.807) is 12.3 Å². The van der Waals surface area contributed by atoms with Crippen LogP contribution in [0.15, 0.2) is 60.8 Å². The summed E-state index contributed by atoms with van der Waals surface area (Å²) in [7, 11) is 0. The van der Waals surface area contributed by atoms with Crippen molar-refractivity contribution in [2.75, 3.05) is 16.8 Å². The van der Waals surface area contributed by atoms with Gasteiger partial charge in [-0.25, -0.2) is 9.37 Å². The van der Waals surface area contributed by atoms with E-state index < -0.39 is 5.82 Å². The van der Waals surface area contributed by atoms with Crippen molar-refractivity contribution in [2.45, 2.75) is 6.42 Å². The van der Waals surface area contributed by atoms with Crippen LogP contribution < -0.4 is 10.2 Å². The number of amides is 1. The van der Waals surface area contributed by atoms with Crippen LogP contribution in [-0.4, -0.2) is 17.4 Å². The summed E-state index contributed by atoms with van der Waals surface area (Å²) in [6.07, 6.45) is 2.68. The lowest BCUT2D eigenvalue weighted by Crippen LogP contribution is -2.16. The Kier molecular flexibility index (Phi) is 4.31. The van der Waals surface area contributed by atoms with Gasteiger partial charge >= 0.3 is 0 Å². The van der Waals surface area contributed by atoms with Crippen molar-refractivity contribution in [3.63, 3.8) is 0 Å². The Hall–Kier alpha value is -2.92. The zero-order valence-corrected chi connectivity index (χ0v) is 14.5. The van der Waals surface area contributed by atoms with E-state index in [-0.39, 0.29) is 16.6 Å². The van der Waals surface area contributed by atoms with Gasteiger partial charge in [-0.2, -0.15) is 0 Å². The summed E-state index contributed by atoms with van der Waals surface area (Å²) in [6.45, 7) is 0.890. The molecule has 1 N–H and O–H groups in total. The molecular weight excluding hydrogens is 353 g/mol. The molecule has 0 aliphatic carbocycles. The Labute approximate surface area is 155 Å². The molecule has 0 fully saturated rings. The van der Waals surface area contributed by atoms with Crippen LogP contribution >= 0.6 is 11.6 Å². The molecule has 26 heavy (non-hydrogen) atoms. The molecule has 2 heterocycles. The molecule has 0 unspecified atom stereocenters. The van der Waals surface area contributed by atoms with Gasteiger partial charge in [0.1, 0.15) is 11.5 Å². The van der Waals surface area contributed by atoms with E-state index >= 15 is 0 Å². The Balaban J connectivity index is 1.51. The molecule has 0 bridgehead atoms. The standard InChI is InChI=1S/C20H15ClFN3O/c21-16-11-14(5-7-17(16)22)24-20(26)18-8-6-15(12-23-18)25-10-9-13-3-1-2-4-19(13)25/h1-8,11-12H,9-10H2,(H,24,26). The number of aromatic nitrogens is 1. The molecule has 2 aromatic carbocycles. The highest BCUT2D eigenvalue weighted by atomic mass is 35.5. The summed E-state index contributed by atoms with van der Waals surface area (Å²) in [5.74, 6) is -0.904.